The van der Waals surface area contributed by atoms with Crippen molar-refractivity contribution in [3.8, 4) is 0 Å². The Morgan fingerprint density at radius 3 is 2.72 bits per heavy atom. The Morgan fingerprint density at radius 1 is 1.50 bits per heavy atom. The van der Waals surface area contributed by atoms with Crippen LogP contribution in [-0.4, -0.2) is 19.0 Å². The fourth-order valence-corrected chi connectivity index (χ4v) is 1.95. The lowest BCUT2D eigenvalue weighted by atomic mass is 9.99. The van der Waals surface area contributed by atoms with Gasteiger partial charge in [0.25, 0.3) is 0 Å². The molecule has 2 rings (SSSR count). The largest absolute Gasteiger partial charge is 0.349 e. The Morgan fingerprint density at radius 2 is 2.22 bits per heavy atom. The number of carbonyl (C=O) groups excluding carboxylic acids is 1. The molecule has 1 amide bonds. The Bertz CT molecular complexity index is 447. The summed E-state index contributed by atoms with van der Waals surface area (Å²) in [7, 11) is 0. The second kappa shape index (κ2) is 5.44. The van der Waals surface area contributed by atoms with E-state index in [-0.39, 0.29) is 11.8 Å². The summed E-state index contributed by atoms with van der Waals surface area (Å²) in [5, 5.41) is 5.81. The first kappa shape index (κ1) is 13.0. The second-order valence-corrected chi connectivity index (χ2v) is 4.49. The van der Waals surface area contributed by atoms with Crippen molar-refractivity contribution in [3.63, 3.8) is 0 Å². The van der Waals surface area contributed by atoms with Crippen LogP contribution in [0, 0.1) is 17.6 Å². The van der Waals surface area contributed by atoms with E-state index in [1.807, 2.05) is 6.92 Å². The summed E-state index contributed by atoms with van der Waals surface area (Å²) >= 11 is 0. The van der Waals surface area contributed by atoms with Gasteiger partial charge in [-0.2, -0.15) is 0 Å². The van der Waals surface area contributed by atoms with Gasteiger partial charge in [0.1, 0.15) is 11.6 Å². The van der Waals surface area contributed by atoms with Gasteiger partial charge in [-0.15, -0.1) is 0 Å². The minimum Gasteiger partial charge on any atom is -0.349 e. The van der Waals surface area contributed by atoms with Gasteiger partial charge in [0.2, 0.25) is 5.91 Å². The molecule has 18 heavy (non-hydrogen) atoms. The summed E-state index contributed by atoms with van der Waals surface area (Å²) in [5.41, 5.74) is 0.333. The lowest BCUT2D eigenvalue weighted by molar-refractivity contribution is -0.127. The fraction of sp³-hybridized carbons (Fsp3) is 0.462. The molecule has 0 aromatic heterocycles. The maximum atomic E-state index is 13.6. The number of benzene rings is 1. The third kappa shape index (κ3) is 2.67. The van der Waals surface area contributed by atoms with Crippen LogP contribution in [0.5, 0.6) is 0 Å². The number of hydrogen-bond donors (Lipinski definition) is 2. The predicted octanol–water partition coefficient (Wildman–Crippen LogP) is 1.75. The fourth-order valence-electron chi connectivity index (χ4n) is 1.95. The number of carbonyl (C=O) groups is 1. The van der Waals surface area contributed by atoms with E-state index in [0.717, 1.165) is 6.07 Å². The first-order valence-electron chi connectivity index (χ1n) is 6.08. The molecular formula is C13H16F2N2O. The molecule has 0 spiro atoms. The lowest BCUT2D eigenvalue weighted by Gasteiger charge is -2.28. The van der Waals surface area contributed by atoms with Crippen LogP contribution in [0.15, 0.2) is 18.2 Å². The van der Waals surface area contributed by atoms with Crippen LogP contribution in [0.25, 0.3) is 0 Å². The molecule has 1 aliphatic rings. The van der Waals surface area contributed by atoms with Crippen LogP contribution in [0.1, 0.15) is 24.9 Å². The first-order valence-corrected chi connectivity index (χ1v) is 6.08. The van der Waals surface area contributed by atoms with Crippen LogP contribution in [-0.2, 0) is 4.79 Å². The van der Waals surface area contributed by atoms with Gasteiger partial charge in [-0.1, -0.05) is 13.0 Å². The molecular weight excluding hydrogens is 238 g/mol. The lowest BCUT2D eigenvalue weighted by Crippen LogP contribution is -2.51. The summed E-state index contributed by atoms with van der Waals surface area (Å²) in [6.07, 6.45) is 0.564. The van der Waals surface area contributed by atoms with E-state index in [9.17, 15) is 13.6 Å². The molecule has 1 fully saturated rings. The highest BCUT2D eigenvalue weighted by molar-refractivity contribution is 5.80. The molecule has 1 saturated heterocycles. The molecule has 1 atom stereocenters. The molecule has 1 aliphatic heterocycles. The number of halogens is 2. The zero-order valence-electron chi connectivity index (χ0n) is 10.2. The van der Waals surface area contributed by atoms with Crippen LogP contribution in [0.4, 0.5) is 8.78 Å². The molecule has 1 unspecified atom stereocenters. The van der Waals surface area contributed by atoms with E-state index in [0.29, 0.717) is 25.1 Å². The van der Waals surface area contributed by atoms with Crippen molar-refractivity contribution in [1.82, 2.24) is 10.6 Å². The highest BCUT2D eigenvalue weighted by atomic mass is 19.1. The van der Waals surface area contributed by atoms with Crippen LogP contribution >= 0.6 is 0 Å². The number of hydrogen-bond acceptors (Lipinski definition) is 2. The van der Waals surface area contributed by atoms with E-state index in [4.69, 9.17) is 0 Å². The van der Waals surface area contributed by atoms with Gasteiger partial charge in [-0.3, -0.25) is 4.79 Å². The van der Waals surface area contributed by atoms with Crippen molar-refractivity contribution in [2.24, 2.45) is 5.92 Å². The minimum atomic E-state index is -0.617. The molecule has 5 heteroatoms. The van der Waals surface area contributed by atoms with Crippen molar-refractivity contribution in [2.45, 2.75) is 19.4 Å². The molecule has 2 N–H and O–H groups in total. The summed E-state index contributed by atoms with van der Waals surface area (Å²) in [6, 6.07) is 3.03. The zero-order valence-corrected chi connectivity index (χ0v) is 10.2. The van der Waals surface area contributed by atoms with E-state index < -0.39 is 17.7 Å². The predicted molar refractivity (Wildman–Crippen MR) is 63.9 cm³/mol. The normalized spacial score (nSPS) is 17.1. The maximum absolute atomic E-state index is 13.6. The van der Waals surface area contributed by atoms with Crippen molar-refractivity contribution in [3.05, 3.63) is 35.4 Å². The van der Waals surface area contributed by atoms with Crippen molar-refractivity contribution in [1.29, 1.82) is 0 Å². The quantitative estimate of drug-likeness (QED) is 0.859. The van der Waals surface area contributed by atoms with Gasteiger partial charge in [0.15, 0.2) is 0 Å². The zero-order chi connectivity index (χ0) is 13.1. The second-order valence-electron chi connectivity index (χ2n) is 4.49. The standard InChI is InChI=1S/C13H16F2N2O/c1-2-12(17-13(18)8-6-16-7-8)10-4-3-9(14)5-11(10)15/h3-5,8,12,16H,2,6-7H2,1H3,(H,17,18). The topological polar surface area (TPSA) is 41.1 Å². The van der Waals surface area contributed by atoms with E-state index in [2.05, 4.69) is 10.6 Å². The molecule has 1 aromatic rings. The number of rotatable bonds is 4. The number of nitrogens with one attached hydrogen (secondary N) is 2. The SMILES string of the molecule is CCC(NC(=O)C1CNC1)c1ccc(F)cc1F. The van der Waals surface area contributed by atoms with Crippen molar-refractivity contribution < 1.29 is 13.6 Å². The Labute approximate surface area is 105 Å². The van der Waals surface area contributed by atoms with Crippen LogP contribution in [0.2, 0.25) is 0 Å². The summed E-state index contributed by atoms with van der Waals surface area (Å²) < 4.78 is 26.5. The molecule has 1 aromatic carbocycles. The smallest absolute Gasteiger partial charge is 0.226 e. The van der Waals surface area contributed by atoms with Crippen molar-refractivity contribution >= 4 is 5.91 Å². The number of amides is 1. The van der Waals surface area contributed by atoms with Crippen LogP contribution in [0.3, 0.4) is 0 Å². The van der Waals surface area contributed by atoms with Gasteiger partial charge in [-0.05, 0) is 12.5 Å². The third-order valence-corrected chi connectivity index (χ3v) is 3.21. The molecule has 0 aliphatic carbocycles. The van der Waals surface area contributed by atoms with E-state index in [1.165, 1.54) is 12.1 Å². The summed E-state index contributed by atoms with van der Waals surface area (Å²) in [4.78, 5) is 11.8. The molecule has 3 nitrogen and oxygen atoms in total. The monoisotopic (exact) mass is 254 g/mol. The molecule has 0 saturated carbocycles. The van der Waals surface area contributed by atoms with Gasteiger partial charge < -0.3 is 10.6 Å². The first-order chi connectivity index (χ1) is 8.61. The Kier molecular flexibility index (Phi) is 3.91. The average molecular weight is 254 g/mol. The van der Waals surface area contributed by atoms with Crippen LogP contribution < -0.4 is 10.6 Å². The summed E-state index contributed by atoms with van der Waals surface area (Å²) in [6.45, 7) is 3.18. The molecule has 0 radical (unpaired) electrons. The van der Waals surface area contributed by atoms with Gasteiger partial charge in [0, 0.05) is 24.7 Å². The maximum Gasteiger partial charge on any atom is 0.226 e. The minimum absolute atomic E-state index is 0.0393. The summed E-state index contributed by atoms with van der Waals surface area (Å²) in [5.74, 6) is -1.35. The molecule has 0 bridgehead atoms. The highest BCUT2D eigenvalue weighted by Gasteiger charge is 2.27. The van der Waals surface area contributed by atoms with Gasteiger partial charge in [-0.25, -0.2) is 8.78 Å². The van der Waals surface area contributed by atoms with Crippen molar-refractivity contribution in [2.75, 3.05) is 13.1 Å². The average Bonchev–Trinajstić information content (AvgIpc) is 2.24. The Hall–Kier alpha value is -1.49. The third-order valence-electron chi connectivity index (χ3n) is 3.21. The van der Waals surface area contributed by atoms with E-state index in [1.54, 1.807) is 0 Å². The highest BCUT2D eigenvalue weighted by Crippen LogP contribution is 2.21. The van der Waals surface area contributed by atoms with Gasteiger partial charge in [0.05, 0.1) is 12.0 Å². The van der Waals surface area contributed by atoms with E-state index >= 15 is 0 Å². The Balaban J connectivity index is 2.09. The molecule has 98 valence electrons. The van der Waals surface area contributed by atoms with Gasteiger partial charge >= 0.3 is 0 Å². The molecule has 1 heterocycles.